The molecule has 2 heteroatoms. The number of rotatable bonds is 3. The van der Waals surface area contributed by atoms with Gasteiger partial charge in [-0.15, -0.1) is 0 Å². The zero-order chi connectivity index (χ0) is 9.90. The van der Waals surface area contributed by atoms with Gasteiger partial charge in [0.2, 0.25) is 0 Å². The molecule has 0 aliphatic rings. The van der Waals surface area contributed by atoms with Gasteiger partial charge in [0.1, 0.15) is 0 Å². The van der Waals surface area contributed by atoms with E-state index in [1.54, 1.807) is 13.8 Å². The molecule has 0 aromatic heterocycles. The molecular weight excluding hydrogens is 276 g/mol. The Bertz CT molecular complexity index is 285. The number of aliphatic hydroxyl groups is 1. The van der Waals surface area contributed by atoms with Gasteiger partial charge in [-0.2, -0.15) is 0 Å². The van der Waals surface area contributed by atoms with E-state index in [0.717, 1.165) is 3.62 Å². The van der Waals surface area contributed by atoms with Crippen LogP contribution in [-0.4, -0.2) is 31.6 Å². The quantitative estimate of drug-likeness (QED) is 0.832. The molecule has 0 atom stereocenters. The van der Waals surface area contributed by atoms with Gasteiger partial charge in [-0.05, 0) is 0 Å². The number of benzene rings is 1. The summed E-state index contributed by atoms with van der Waals surface area (Å²) >= 11 is -0.454. The first-order valence-electron chi connectivity index (χ1n) is 4.15. The Kier molecular flexibility index (Phi) is 3.55. The summed E-state index contributed by atoms with van der Waals surface area (Å²) in [6.07, 6.45) is 0. The summed E-state index contributed by atoms with van der Waals surface area (Å²) in [7, 11) is 0. The maximum absolute atomic E-state index is 9.68. The molecule has 70 valence electrons. The van der Waals surface area contributed by atoms with Crippen molar-refractivity contribution < 1.29 is 5.11 Å². The molecule has 0 aliphatic carbocycles. The van der Waals surface area contributed by atoms with E-state index in [0.29, 0.717) is 0 Å². The Hall–Kier alpha value is -0.290. The van der Waals surface area contributed by atoms with Crippen LogP contribution in [0, 0.1) is 0 Å². The molecule has 0 bridgehead atoms. The molecule has 0 unspecified atom stereocenters. The van der Waals surface area contributed by atoms with Crippen LogP contribution in [0.1, 0.15) is 13.8 Å². The summed E-state index contributed by atoms with van der Waals surface area (Å²) in [6, 6.07) is 10.2. The fourth-order valence-electron chi connectivity index (χ4n) is 0.756. The summed E-state index contributed by atoms with van der Waals surface area (Å²) in [4.78, 5) is 0. The molecule has 1 N–H and O–H groups in total. The van der Waals surface area contributed by atoms with Crippen molar-refractivity contribution in [2.45, 2.75) is 19.4 Å². The average molecular weight is 290 g/mol. The first-order valence-corrected chi connectivity index (χ1v) is 6.48. The first kappa shape index (κ1) is 10.8. The molecule has 0 amide bonds. The van der Waals surface area contributed by atoms with Crippen LogP contribution in [-0.2, 0) is 0 Å². The summed E-state index contributed by atoms with van der Waals surface area (Å²) in [5.41, 5.74) is -0.724. The topological polar surface area (TPSA) is 20.2 Å². The SMILES string of the molecule is C=C([Te]c1ccccc1)C(C)(C)O. The second-order valence-electron chi connectivity index (χ2n) is 3.40. The number of hydrogen-bond acceptors (Lipinski definition) is 1. The van der Waals surface area contributed by atoms with Crippen LogP contribution in [0.15, 0.2) is 40.5 Å². The molecule has 0 fully saturated rings. The van der Waals surface area contributed by atoms with Crippen LogP contribution in [0.25, 0.3) is 0 Å². The first-order chi connectivity index (χ1) is 6.00. The van der Waals surface area contributed by atoms with Crippen LogP contribution in [0.5, 0.6) is 0 Å². The third-order valence-corrected chi connectivity index (χ3v) is 5.25. The molecule has 1 nitrogen and oxygen atoms in total. The minimum atomic E-state index is -0.724. The van der Waals surface area contributed by atoms with Crippen molar-refractivity contribution in [3.05, 3.63) is 40.5 Å². The van der Waals surface area contributed by atoms with Gasteiger partial charge in [-0.3, -0.25) is 0 Å². The standard InChI is InChI=1S/C11H14OTe/c1-9(11(2,3)12)13-10-7-5-4-6-8-10/h4-8,12H,1H2,2-3H3. The minimum absolute atomic E-state index is 0.454. The molecule has 13 heavy (non-hydrogen) atoms. The van der Waals surface area contributed by atoms with E-state index in [1.165, 1.54) is 3.61 Å². The Morgan fingerprint density at radius 3 is 2.31 bits per heavy atom. The van der Waals surface area contributed by atoms with Crippen LogP contribution < -0.4 is 3.61 Å². The van der Waals surface area contributed by atoms with Crippen LogP contribution >= 0.6 is 0 Å². The van der Waals surface area contributed by atoms with E-state index in [-0.39, 0.29) is 0 Å². The van der Waals surface area contributed by atoms with E-state index < -0.39 is 26.5 Å². The van der Waals surface area contributed by atoms with Gasteiger partial charge in [0.25, 0.3) is 0 Å². The van der Waals surface area contributed by atoms with Gasteiger partial charge < -0.3 is 0 Å². The van der Waals surface area contributed by atoms with Crippen molar-refractivity contribution in [2.24, 2.45) is 0 Å². The second kappa shape index (κ2) is 4.28. The fourth-order valence-corrected chi connectivity index (χ4v) is 3.12. The van der Waals surface area contributed by atoms with Crippen molar-refractivity contribution in [3.8, 4) is 0 Å². The summed E-state index contributed by atoms with van der Waals surface area (Å²) in [5, 5.41) is 9.68. The van der Waals surface area contributed by atoms with Gasteiger partial charge >= 0.3 is 89.6 Å². The molecule has 0 saturated heterocycles. The monoisotopic (exact) mass is 292 g/mol. The molecule has 0 aliphatic heterocycles. The van der Waals surface area contributed by atoms with Crippen LogP contribution in [0.2, 0.25) is 0 Å². The Labute approximate surface area is 89.6 Å². The van der Waals surface area contributed by atoms with Crippen LogP contribution in [0.4, 0.5) is 0 Å². The van der Waals surface area contributed by atoms with Crippen molar-refractivity contribution in [3.63, 3.8) is 0 Å². The van der Waals surface area contributed by atoms with Crippen molar-refractivity contribution in [1.29, 1.82) is 0 Å². The third-order valence-electron chi connectivity index (χ3n) is 1.67. The van der Waals surface area contributed by atoms with E-state index >= 15 is 0 Å². The normalized spacial score (nSPS) is 11.3. The Morgan fingerprint density at radius 2 is 1.85 bits per heavy atom. The Morgan fingerprint density at radius 1 is 1.31 bits per heavy atom. The average Bonchev–Trinajstić information content (AvgIpc) is 2.04. The molecule has 1 aromatic carbocycles. The molecule has 0 saturated carbocycles. The van der Waals surface area contributed by atoms with E-state index in [2.05, 4.69) is 18.7 Å². The maximum atomic E-state index is 9.68. The predicted molar refractivity (Wildman–Crippen MR) is 57.3 cm³/mol. The summed E-state index contributed by atoms with van der Waals surface area (Å²) in [5.74, 6) is 0. The van der Waals surface area contributed by atoms with E-state index in [1.807, 2.05) is 18.2 Å². The summed E-state index contributed by atoms with van der Waals surface area (Å²) in [6.45, 7) is 7.52. The number of hydrogen-bond donors (Lipinski definition) is 1. The van der Waals surface area contributed by atoms with Crippen molar-refractivity contribution >= 4 is 24.5 Å². The van der Waals surface area contributed by atoms with Gasteiger partial charge in [0, 0.05) is 0 Å². The Balaban J connectivity index is 2.66. The van der Waals surface area contributed by atoms with E-state index in [4.69, 9.17) is 0 Å². The molecule has 0 radical (unpaired) electrons. The van der Waals surface area contributed by atoms with Crippen molar-refractivity contribution in [2.75, 3.05) is 0 Å². The zero-order valence-corrected chi connectivity index (χ0v) is 10.3. The molecule has 0 spiro atoms. The van der Waals surface area contributed by atoms with Gasteiger partial charge in [0.15, 0.2) is 0 Å². The molecule has 0 heterocycles. The molecule has 1 aromatic rings. The predicted octanol–water partition coefficient (Wildman–Crippen LogP) is 1.30. The molecule has 1 rings (SSSR count). The van der Waals surface area contributed by atoms with Crippen molar-refractivity contribution in [1.82, 2.24) is 0 Å². The second-order valence-corrected chi connectivity index (χ2v) is 6.73. The van der Waals surface area contributed by atoms with Gasteiger partial charge in [0.05, 0.1) is 0 Å². The fraction of sp³-hybridized carbons (Fsp3) is 0.273. The third kappa shape index (κ3) is 3.52. The van der Waals surface area contributed by atoms with Gasteiger partial charge in [-0.1, -0.05) is 0 Å². The van der Waals surface area contributed by atoms with Gasteiger partial charge in [-0.25, -0.2) is 0 Å². The van der Waals surface area contributed by atoms with E-state index in [9.17, 15) is 5.11 Å². The summed E-state index contributed by atoms with van der Waals surface area (Å²) < 4.78 is 2.30. The zero-order valence-electron chi connectivity index (χ0n) is 7.95. The molecular formula is C11H14OTe. The van der Waals surface area contributed by atoms with Crippen LogP contribution in [0.3, 0.4) is 0 Å².